The van der Waals surface area contributed by atoms with E-state index in [4.69, 9.17) is 37.9 Å². The molecule has 0 saturated heterocycles. The molecule has 4 N–H and O–H groups in total. The lowest BCUT2D eigenvalue weighted by Gasteiger charge is -2.32. The Morgan fingerprint density at radius 1 is 0.500 bits per heavy atom. The Kier molecular flexibility index (Phi) is 23.3. The van der Waals surface area contributed by atoms with Crippen LogP contribution in [0.3, 0.4) is 0 Å². The van der Waals surface area contributed by atoms with Crippen LogP contribution >= 0.6 is 0 Å². The van der Waals surface area contributed by atoms with Gasteiger partial charge in [-0.1, -0.05) is 26.3 Å². The predicted octanol–water partition coefficient (Wildman–Crippen LogP) is -0.722. The first kappa shape index (κ1) is 46.2. The van der Waals surface area contributed by atoms with Gasteiger partial charge >= 0.3 is 23.9 Å². The highest BCUT2D eigenvalue weighted by molar-refractivity contribution is 5.88. The molecule has 4 unspecified atom stereocenters. The second kappa shape index (κ2) is 25.2. The Morgan fingerprint density at radius 3 is 1.16 bits per heavy atom. The largest absolute Gasteiger partial charge is 0.460 e. The van der Waals surface area contributed by atoms with E-state index in [0.29, 0.717) is 0 Å². The van der Waals surface area contributed by atoms with Crippen LogP contribution in [-0.4, -0.2) is 153 Å². The summed E-state index contributed by atoms with van der Waals surface area (Å²) in [7, 11) is 0. The van der Waals surface area contributed by atoms with Crippen LogP contribution in [0.4, 0.5) is 0 Å². The number of carbonyl (C=O) groups is 5. The fourth-order valence-electron chi connectivity index (χ4n) is 3.24. The van der Waals surface area contributed by atoms with E-state index in [1.807, 2.05) is 0 Å². The van der Waals surface area contributed by atoms with E-state index in [9.17, 15) is 44.4 Å². The molecule has 17 nitrogen and oxygen atoms in total. The summed E-state index contributed by atoms with van der Waals surface area (Å²) < 4.78 is 42.2. The summed E-state index contributed by atoms with van der Waals surface area (Å²) in [6, 6.07) is 0. The molecule has 0 rings (SSSR count). The third kappa shape index (κ3) is 20.6. The van der Waals surface area contributed by atoms with Gasteiger partial charge < -0.3 is 63.1 Å². The fraction of sp³-hybridized carbons (Fsp3) is 0.606. The van der Waals surface area contributed by atoms with Gasteiger partial charge in [-0.25, -0.2) is 19.2 Å². The molecule has 284 valence electrons. The van der Waals surface area contributed by atoms with Gasteiger partial charge in [-0.05, 0) is 27.7 Å². The summed E-state index contributed by atoms with van der Waals surface area (Å²) in [6.07, 6.45) is -9.66. The zero-order chi connectivity index (χ0) is 38.4. The minimum atomic E-state index is -1.57. The maximum atomic E-state index is 12.3. The molecule has 0 saturated carbocycles. The van der Waals surface area contributed by atoms with E-state index in [2.05, 4.69) is 26.3 Å². The van der Waals surface area contributed by atoms with Crippen molar-refractivity contribution in [2.45, 2.75) is 70.4 Å². The topological polar surface area (TPSA) is 240 Å². The first-order valence-electron chi connectivity index (χ1n) is 15.3. The smallest absolute Gasteiger partial charge is 0.333 e. The lowest BCUT2D eigenvalue weighted by atomic mass is 10.1. The van der Waals surface area contributed by atoms with Gasteiger partial charge in [0.2, 0.25) is 0 Å². The minimum Gasteiger partial charge on any atom is -0.460 e. The zero-order valence-corrected chi connectivity index (χ0v) is 28.9. The van der Waals surface area contributed by atoms with Crippen molar-refractivity contribution < 1.29 is 82.3 Å². The van der Waals surface area contributed by atoms with Crippen molar-refractivity contribution in [2.75, 3.05) is 59.5 Å². The van der Waals surface area contributed by atoms with Gasteiger partial charge in [-0.3, -0.25) is 0 Å². The van der Waals surface area contributed by atoms with Crippen LogP contribution in [0.25, 0.3) is 0 Å². The standard InChI is InChI=1S/C33H50O17/c1-19(2)30(39)47-14-23(35)10-43-18-28(45-12-25(37)16-49-32(41)21(5)6)29(46-13-26(38)17-50-33(42)22(7)8)27(9-34)44-11-24(36)15-48-31(40)20(3)4/h9,23-29,35-38H,1,3,5,7,10-18H2,2,4,6,8H3/t23?,24?,25?,26?,27-,28+,29-/m0/s1. The van der Waals surface area contributed by atoms with Gasteiger partial charge in [0.25, 0.3) is 0 Å². The number of aliphatic hydroxyl groups excluding tert-OH is 4. The van der Waals surface area contributed by atoms with Crippen LogP contribution in [-0.2, 0) is 61.9 Å². The second-order valence-corrected chi connectivity index (χ2v) is 11.3. The first-order valence-corrected chi connectivity index (χ1v) is 15.3. The predicted molar refractivity (Wildman–Crippen MR) is 173 cm³/mol. The summed E-state index contributed by atoms with van der Waals surface area (Å²) in [6.45, 7) is 14.8. The van der Waals surface area contributed by atoms with Crippen molar-refractivity contribution in [2.24, 2.45) is 0 Å². The van der Waals surface area contributed by atoms with Gasteiger partial charge in [0.15, 0.2) is 6.29 Å². The Hall–Kier alpha value is -3.81. The number of esters is 4. The summed E-state index contributed by atoms with van der Waals surface area (Å²) in [5, 5.41) is 41.3. The highest BCUT2D eigenvalue weighted by atomic mass is 16.6. The molecule has 50 heavy (non-hydrogen) atoms. The average Bonchev–Trinajstić information content (AvgIpc) is 3.06. The summed E-state index contributed by atoms with van der Waals surface area (Å²) in [4.78, 5) is 59.1. The van der Waals surface area contributed by atoms with Crippen molar-refractivity contribution in [1.29, 1.82) is 0 Å². The van der Waals surface area contributed by atoms with Gasteiger partial charge in [0.1, 0.15) is 69.2 Å². The highest BCUT2D eigenvalue weighted by Gasteiger charge is 2.35. The molecule has 17 heteroatoms. The van der Waals surface area contributed by atoms with Crippen LogP contribution < -0.4 is 0 Å². The lowest BCUT2D eigenvalue weighted by Crippen LogP contribution is -2.49. The number of hydrogen-bond acceptors (Lipinski definition) is 17. The molecule has 0 heterocycles. The molecular formula is C33H50O17. The van der Waals surface area contributed by atoms with Gasteiger partial charge in [-0.15, -0.1) is 0 Å². The van der Waals surface area contributed by atoms with Gasteiger partial charge in [0, 0.05) is 22.3 Å². The minimum absolute atomic E-state index is 0.0765. The second-order valence-electron chi connectivity index (χ2n) is 11.3. The van der Waals surface area contributed by atoms with E-state index in [1.54, 1.807) is 0 Å². The van der Waals surface area contributed by atoms with Crippen LogP contribution in [0.5, 0.6) is 0 Å². The summed E-state index contributed by atoms with van der Waals surface area (Å²) in [5.74, 6) is -3.06. The summed E-state index contributed by atoms with van der Waals surface area (Å²) >= 11 is 0. The summed E-state index contributed by atoms with van der Waals surface area (Å²) in [5.41, 5.74) is 0.350. The van der Waals surface area contributed by atoms with Gasteiger partial charge in [-0.2, -0.15) is 0 Å². The molecule has 0 fully saturated rings. The van der Waals surface area contributed by atoms with Crippen LogP contribution in [0.15, 0.2) is 48.6 Å². The molecule has 0 aromatic heterocycles. The fourth-order valence-corrected chi connectivity index (χ4v) is 3.24. The third-order valence-electron chi connectivity index (χ3n) is 5.90. The molecule has 0 aromatic rings. The Labute approximate surface area is 291 Å². The zero-order valence-electron chi connectivity index (χ0n) is 28.9. The Morgan fingerprint density at radius 2 is 0.820 bits per heavy atom. The highest BCUT2D eigenvalue weighted by Crippen LogP contribution is 2.15. The molecule has 0 amide bonds. The third-order valence-corrected chi connectivity index (χ3v) is 5.90. The molecule has 0 aliphatic carbocycles. The molecule has 7 atom stereocenters. The molecule has 0 bridgehead atoms. The molecule has 0 aliphatic heterocycles. The number of rotatable bonds is 28. The SMILES string of the molecule is C=C(C)C(=O)OCC(O)COC[C@@H](OCC(O)COC(=O)C(=C)C)[C@@H](OCC(O)COC(=O)C(=C)C)[C@H](C=O)OCC(O)COC(=O)C(=C)C. The van der Waals surface area contributed by atoms with Crippen molar-refractivity contribution in [3.8, 4) is 0 Å². The normalized spacial score (nSPS) is 15.2. The van der Waals surface area contributed by atoms with E-state index >= 15 is 0 Å². The van der Waals surface area contributed by atoms with Gasteiger partial charge in [0.05, 0.1) is 33.0 Å². The van der Waals surface area contributed by atoms with Crippen molar-refractivity contribution >= 4 is 30.2 Å². The van der Waals surface area contributed by atoms with E-state index in [-0.39, 0.29) is 28.6 Å². The lowest BCUT2D eigenvalue weighted by molar-refractivity contribution is -0.184. The monoisotopic (exact) mass is 718 g/mol. The molecule has 0 spiro atoms. The molecule has 0 aliphatic rings. The Balaban J connectivity index is 6.03. The Bertz CT molecular complexity index is 1160. The molecule has 0 aromatic carbocycles. The van der Waals surface area contributed by atoms with Crippen molar-refractivity contribution in [3.05, 3.63) is 48.6 Å². The maximum absolute atomic E-state index is 12.3. The van der Waals surface area contributed by atoms with E-state index < -0.39 is 126 Å². The van der Waals surface area contributed by atoms with Crippen LogP contribution in [0.2, 0.25) is 0 Å². The average molecular weight is 719 g/mol. The number of aliphatic hydroxyl groups is 4. The number of aldehydes is 1. The quantitative estimate of drug-likeness (QED) is 0.0338. The number of carbonyl (C=O) groups excluding carboxylic acids is 5. The number of ether oxygens (including phenoxy) is 8. The maximum Gasteiger partial charge on any atom is 0.333 e. The first-order chi connectivity index (χ1) is 23.4. The van der Waals surface area contributed by atoms with Crippen molar-refractivity contribution in [1.82, 2.24) is 0 Å². The van der Waals surface area contributed by atoms with Crippen LogP contribution in [0.1, 0.15) is 27.7 Å². The van der Waals surface area contributed by atoms with E-state index in [1.165, 1.54) is 27.7 Å². The molecule has 0 radical (unpaired) electrons. The van der Waals surface area contributed by atoms with Crippen molar-refractivity contribution in [3.63, 3.8) is 0 Å². The van der Waals surface area contributed by atoms with Crippen LogP contribution in [0, 0.1) is 0 Å². The number of hydrogen-bond donors (Lipinski definition) is 4. The van der Waals surface area contributed by atoms with E-state index in [0.717, 1.165) is 0 Å². The molecular weight excluding hydrogens is 668 g/mol.